The molecular weight excluding hydrogens is 416 g/mol. The second kappa shape index (κ2) is 9.48. The largest absolute Gasteiger partial charge is 0.461 e. The SMILES string of the molecule is Cc1cccc(-c2[nH]cnc2-c2ccc3ncc(C(=O)OCCN4CCNCC4)cc3c2)n1. The standard InChI is InChI=1S/C25H26N6O2/c1-17-3-2-4-22(30-17)24-23(28-16-29-24)18-5-6-21-19(13-18)14-20(15-27-21)25(32)33-12-11-31-9-7-26-8-10-31/h2-6,13-16,26H,7-12H2,1H3,(H,28,29). The van der Waals surface area contributed by atoms with Crippen LogP contribution in [-0.2, 0) is 4.74 Å². The fourth-order valence-electron chi connectivity index (χ4n) is 4.07. The Hall–Kier alpha value is -3.62. The molecule has 1 saturated heterocycles. The van der Waals surface area contributed by atoms with E-state index in [0.717, 1.165) is 72.0 Å². The molecule has 0 radical (unpaired) electrons. The van der Waals surface area contributed by atoms with E-state index in [9.17, 15) is 4.79 Å². The topological polar surface area (TPSA) is 96.0 Å². The normalized spacial score (nSPS) is 14.5. The minimum atomic E-state index is -0.352. The quantitative estimate of drug-likeness (QED) is 0.443. The van der Waals surface area contributed by atoms with Gasteiger partial charge in [-0.3, -0.25) is 14.9 Å². The van der Waals surface area contributed by atoms with Crippen molar-refractivity contribution in [2.75, 3.05) is 39.3 Å². The second-order valence-corrected chi connectivity index (χ2v) is 8.15. The maximum absolute atomic E-state index is 12.6. The summed E-state index contributed by atoms with van der Waals surface area (Å²) < 4.78 is 5.50. The lowest BCUT2D eigenvalue weighted by Gasteiger charge is -2.26. The highest BCUT2D eigenvalue weighted by atomic mass is 16.5. The Morgan fingerprint density at radius 3 is 2.85 bits per heavy atom. The van der Waals surface area contributed by atoms with E-state index in [1.807, 2.05) is 49.4 Å². The van der Waals surface area contributed by atoms with E-state index in [-0.39, 0.29) is 5.97 Å². The molecule has 4 aromatic rings. The first-order chi connectivity index (χ1) is 16.2. The summed E-state index contributed by atoms with van der Waals surface area (Å²) in [6, 6.07) is 13.6. The van der Waals surface area contributed by atoms with Crippen molar-refractivity contribution in [3.63, 3.8) is 0 Å². The van der Waals surface area contributed by atoms with E-state index in [2.05, 4.69) is 30.2 Å². The van der Waals surface area contributed by atoms with Crippen molar-refractivity contribution >= 4 is 16.9 Å². The number of rotatable bonds is 6. The maximum Gasteiger partial charge on any atom is 0.339 e. The van der Waals surface area contributed by atoms with E-state index in [1.54, 1.807) is 12.5 Å². The molecule has 0 spiro atoms. The number of esters is 1. The van der Waals surface area contributed by atoms with Gasteiger partial charge in [-0.1, -0.05) is 12.1 Å². The number of aromatic nitrogens is 4. The summed E-state index contributed by atoms with van der Waals surface area (Å²) >= 11 is 0. The molecule has 2 N–H and O–H groups in total. The van der Waals surface area contributed by atoms with E-state index in [0.29, 0.717) is 12.2 Å². The van der Waals surface area contributed by atoms with E-state index in [1.165, 1.54) is 0 Å². The molecule has 0 aliphatic carbocycles. The van der Waals surface area contributed by atoms with Crippen molar-refractivity contribution in [3.8, 4) is 22.6 Å². The van der Waals surface area contributed by atoms with E-state index >= 15 is 0 Å². The molecule has 33 heavy (non-hydrogen) atoms. The van der Waals surface area contributed by atoms with Crippen LogP contribution in [-0.4, -0.2) is 70.1 Å². The number of H-pyrrole nitrogens is 1. The molecule has 1 aromatic carbocycles. The molecule has 1 aliphatic heterocycles. The summed E-state index contributed by atoms with van der Waals surface area (Å²) in [4.78, 5) is 31.7. The third-order valence-electron chi connectivity index (χ3n) is 5.82. The minimum absolute atomic E-state index is 0.352. The first-order valence-corrected chi connectivity index (χ1v) is 11.2. The van der Waals surface area contributed by atoms with Gasteiger partial charge in [0.2, 0.25) is 0 Å². The molecule has 1 fully saturated rings. The zero-order chi connectivity index (χ0) is 22.6. The van der Waals surface area contributed by atoms with Gasteiger partial charge in [0.25, 0.3) is 0 Å². The zero-order valence-electron chi connectivity index (χ0n) is 18.5. The zero-order valence-corrected chi connectivity index (χ0v) is 18.5. The summed E-state index contributed by atoms with van der Waals surface area (Å²) in [7, 11) is 0. The third-order valence-corrected chi connectivity index (χ3v) is 5.82. The number of hydrogen-bond donors (Lipinski definition) is 2. The average molecular weight is 443 g/mol. The average Bonchev–Trinajstić information content (AvgIpc) is 3.34. The number of nitrogens with one attached hydrogen (secondary N) is 2. The van der Waals surface area contributed by atoms with Crippen molar-refractivity contribution in [3.05, 3.63) is 66.2 Å². The van der Waals surface area contributed by atoms with Gasteiger partial charge >= 0.3 is 5.97 Å². The van der Waals surface area contributed by atoms with Gasteiger partial charge < -0.3 is 15.0 Å². The molecule has 0 unspecified atom stereocenters. The molecule has 8 nitrogen and oxygen atoms in total. The van der Waals surface area contributed by atoms with Gasteiger partial charge in [-0.05, 0) is 37.3 Å². The predicted molar refractivity (Wildman–Crippen MR) is 127 cm³/mol. The summed E-state index contributed by atoms with van der Waals surface area (Å²) in [5.41, 5.74) is 5.62. The van der Waals surface area contributed by atoms with Crippen molar-refractivity contribution in [1.29, 1.82) is 0 Å². The molecule has 168 valence electrons. The van der Waals surface area contributed by atoms with E-state index in [4.69, 9.17) is 4.74 Å². The Morgan fingerprint density at radius 1 is 1.12 bits per heavy atom. The predicted octanol–water partition coefficient (Wildman–Crippen LogP) is 3.06. The van der Waals surface area contributed by atoms with Gasteiger partial charge in [0, 0.05) is 55.6 Å². The fourth-order valence-corrected chi connectivity index (χ4v) is 4.07. The number of piperazine rings is 1. The van der Waals surface area contributed by atoms with Crippen LogP contribution in [0.5, 0.6) is 0 Å². The molecule has 3 aromatic heterocycles. The molecule has 8 heteroatoms. The van der Waals surface area contributed by atoms with Crippen LogP contribution in [0, 0.1) is 6.92 Å². The molecule has 0 bridgehead atoms. The highest BCUT2D eigenvalue weighted by Crippen LogP contribution is 2.30. The number of benzene rings is 1. The molecule has 1 aliphatic rings. The van der Waals surface area contributed by atoms with Gasteiger partial charge in [-0.2, -0.15) is 0 Å². The number of hydrogen-bond acceptors (Lipinski definition) is 7. The van der Waals surface area contributed by atoms with Crippen molar-refractivity contribution in [2.45, 2.75) is 6.92 Å². The molecule has 0 amide bonds. The van der Waals surface area contributed by atoms with Crippen molar-refractivity contribution < 1.29 is 9.53 Å². The number of aryl methyl sites for hydroxylation is 1. The van der Waals surface area contributed by atoms with Gasteiger partial charge in [0.1, 0.15) is 6.61 Å². The highest BCUT2D eigenvalue weighted by molar-refractivity contribution is 5.95. The van der Waals surface area contributed by atoms with Crippen LogP contribution >= 0.6 is 0 Å². The number of carbonyl (C=O) groups is 1. The molecule has 0 atom stereocenters. The Labute approximate surface area is 192 Å². The maximum atomic E-state index is 12.6. The van der Waals surface area contributed by atoms with Crippen molar-refractivity contribution in [1.82, 2.24) is 30.2 Å². The number of ether oxygens (including phenoxy) is 1. The number of aromatic amines is 1. The first-order valence-electron chi connectivity index (χ1n) is 11.2. The van der Waals surface area contributed by atoms with Gasteiger partial charge in [-0.15, -0.1) is 0 Å². The van der Waals surface area contributed by atoms with Crippen LogP contribution < -0.4 is 5.32 Å². The monoisotopic (exact) mass is 442 g/mol. The summed E-state index contributed by atoms with van der Waals surface area (Å²) in [6.45, 7) is 6.98. The van der Waals surface area contributed by atoms with Crippen LogP contribution in [0.3, 0.4) is 0 Å². The molecular formula is C25H26N6O2. The molecule has 0 saturated carbocycles. The fraction of sp³-hybridized carbons (Fsp3) is 0.280. The Bertz CT molecular complexity index is 1280. The summed E-state index contributed by atoms with van der Waals surface area (Å²) in [6.07, 6.45) is 3.25. The lowest BCUT2D eigenvalue weighted by Crippen LogP contribution is -2.44. The molecule has 5 rings (SSSR count). The van der Waals surface area contributed by atoms with Crippen LogP contribution in [0.2, 0.25) is 0 Å². The van der Waals surface area contributed by atoms with Gasteiger partial charge in [0.15, 0.2) is 0 Å². The number of fused-ring (bicyclic) bond motifs is 1. The van der Waals surface area contributed by atoms with Crippen molar-refractivity contribution in [2.24, 2.45) is 0 Å². The van der Waals surface area contributed by atoms with Crippen LogP contribution in [0.4, 0.5) is 0 Å². The van der Waals surface area contributed by atoms with Crippen LogP contribution in [0.15, 0.2) is 55.0 Å². The van der Waals surface area contributed by atoms with Crippen LogP contribution in [0.1, 0.15) is 16.1 Å². The number of nitrogens with zero attached hydrogens (tertiary/aromatic N) is 4. The summed E-state index contributed by atoms with van der Waals surface area (Å²) in [5.74, 6) is -0.352. The third kappa shape index (κ3) is 4.76. The number of imidazole rings is 1. The number of carbonyl (C=O) groups excluding carboxylic acids is 1. The summed E-state index contributed by atoms with van der Waals surface area (Å²) in [5, 5.41) is 4.18. The Morgan fingerprint density at radius 2 is 2.00 bits per heavy atom. The number of pyridine rings is 2. The van der Waals surface area contributed by atoms with Gasteiger partial charge in [-0.25, -0.2) is 9.78 Å². The molecule has 4 heterocycles. The van der Waals surface area contributed by atoms with Crippen LogP contribution in [0.25, 0.3) is 33.5 Å². The second-order valence-electron chi connectivity index (χ2n) is 8.15. The lowest BCUT2D eigenvalue weighted by molar-refractivity contribution is 0.0455. The minimum Gasteiger partial charge on any atom is -0.461 e. The highest BCUT2D eigenvalue weighted by Gasteiger charge is 2.15. The lowest BCUT2D eigenvalue weighted by atomic mass is 10.0. The Kier molecular flexibility index (Phi) is 6.10. The van der Waals surface area contributed by atoms with Gasteiger partial charge in [0.05, 0.1) is 34.5 Å². The van der Waals surface area contributed by atoms with E-state index < -0.39 is 0 Å². The first kappa shape index (κ1) is 21.2. The Balaban J connectivity index is 1.35. The smallest absolute Gasteiger partial charge is 0.339 e.